The quantitative estimate of drug-likeness (QED) is 0.865. The molecular weight excluding hydrogens is 258 g/mol. The predicted molar refractivity (Wildman–Crippen MR) is 75.9 cm³/mol. The smallest absolute Gasteiger partial charge is 0.325 e. The molecule has 0 aliphatic rings. The minimum Gasteiger partial charge on any atom is -0.480 e. The van der Waals surface area contributed by atoms with Gasteiger partial charge in [-0.25, -0.2) is 0 Å². The Kier molecular flexibility index (Phi) is 4.76. The number of hydrogen-bond donors (Lipinski definition) is 2. The molecule has 0 saturated heterocycles. The Morgan fingerprint density at radius 3 is 2.35 bits per heavy atom. The van der Waals surface area contributed by atoms with Gasteiger partial charge in [0.05, 0.1) is 0 Å². The monoisotopic (exact) mass is 279 g/mol. The zero-order valence-electron chi connectivity index (χ0n) is 12.5. The molecule has 1 amide bonds. The fraction of sp³-hybridized carbons (Fsp3) is 0.467. The second-order valence-corrected chi connectivity index (χ2v) is 5.39. The van der Waals surface area contributed by atoms with E-state index in [1.54, 1.807) is 19.9 Å². The topological polar surface area (TPSA) is 75.6 Å². The lowest BCUT2D eigenvalue weighted by atomic mass is 10.1. The van der Waals surface area contributed by atoms with Crippen molar-refractivity contribution in [1.29, 1.82) is 0 Å². The van der Waals surface area contributed by atoms with E-state index in [1.165, 1.54) is 6.92 Å². The van der Waals surface area contributed by atoms with E-state index in [2.05, 4.69) is 5.32 Å². The standard InChI is InChI=1S/C15H21NO4/c1-9-6-7-12(8-10(9)2)20-15(4,5)14(19)16-11(3)13(17)18/h6-8,11H,1-5H3,(H,16,19)(H,17,18). The molecule has 0 saturated carbocycles. The van der Waals surface area contributed by atoms with Crippen molar-refractivity contribution in [3.05, 3.63) is 29.3 Å². The molecule has 1 aromatic carbocycles. The van der Waals surface area contributed by atoms with Crippen molar-refractivity contribution in [3.63, 3.8) is 0 Å². The zero-order chi connectivity index (χ0) is 15.5. The highest BCUT2D eigenvalue weighted by Crippen LogP contribution is 2.21. The summed E-state index contributed by atoms with van der Waals surface area (Å²) >= 11 is 0. The number of rotatable bonds is 5. The molecule has 0 aliphatic carbocycles. The Morgan fingerprint density at radius 1 is 1.25 bits per heavy atom. The van der Waals surface area contributed by atoms with Gasteiger partial charge in [-0.1, -0.05) is 6.07 Å². The van der Waals surface area contributed by atoms with Gasteiger partial charge in [0, 0.05) is 0 Å². The molecule has 0 fully saturated rings. The van der Waals surface area contributed by atoms with Crippen LogP contribution in [0.15, 0.2) is 18.2 Å². The van der Waals surface area contributed by atoms with Gasteiger partial charge in [-0.15, -0.1) is 0 Å². The van der Waals surface area contributed by atoms with Crippen LogP contribution in [0.3, 0.4) is 0 Å². The molecule has 1 unspecified atom stereocenters. The number of amides is 1. The lowest BCUT2D eigenvalue weighted by molar-refractivity contribution is -0.144. The fourth-order valence-electron chi connectivity index (χ4n) is 1.55. The molecule has 1 rings (SSSR count). The first kappa shape index (κ1) is 16.0. The lowest BCUT2D eigenvalue weighted by Crippen LogP contribution is -2.51. The summed E-state index contributed by atoms with van der Waals surface area (Å²) in [7, 11) is 0. The van der Waals surface area contributed by atoms with Crippen molar-refractivity contribution >= 4 is 11.9 Å². The number of ether oxygens (including phenoxy) is 1. The summed E-state index contributed by atoms with van der Waals surface area (Å²) in [6, 6.07) is 4.60. The van der Waals surface area contributed by atoms with Gasteiger partial charge >= 0.3 is 5.97 Å². The van der Waals surface area contributed by atoms with E-state index in [0.29, 0.717) is 5.75 Å². The highest BCUT2D eigenvalue weighted by Gasteiger charge is 2.32. The predicted octanol–water partition coefficient (Wildman–Crippen LogP) is 2.05. The molecular formula is C15H21NO4. The van der Waals surface area contributed by atoms with Crippen molar-refractivity contribution in [2.75, 3.05) is 0 Å². The highest BCUT2D eigenvalue weighted by atomic mass is 16.5. The van der Waals surface area contributed by atoms with Gasteiger partial charge < -0.3 is 15.2 Å². The van der Waals surface area contributed by atoms with Gasteiger partial charge in [0.1, 0.15) is 11.8 Å². The van der Waals surface area contributed by atoms with Crippen molar-refractivity contribution in [2.45, 2.75) is 46.3 Å². The van der Waals surface area contributed by atoms with Gasteiger partial charge in [-0.05, 0) is 57.9 Å². The van der Waals surface area contributed by atoms with Crippen molar-refractivity contribution in [1.82, 2.24) is 5.32 Å². The number of aliphatic carboxylic acids is 1. The third kappa shape index (κ3) is 3.98. The first-order valence-electron chi connectivity index (χ1n) is 6.43. The van der Waals surface area contributed by atoms with Gasteiger partial charge in [-0.2, -0.15) is 0 Å². The molecule has 0 bridgehead atoms. The summed E-state index contributed by atoms with van der Waals surface area (Å²) < 4.78 is 5.68. The van der Waals surface area contributed by atoms with Crippen LogP contribution in [0.5, 0.6) is 5.75 Å². The minimum atomic E-state index is -1.15. The zero-order valence-corrected chi connectivity index (χ0v) is 12.5. The van der Waals surface area contributed by atoms with Crippen LogP contribution < -0.4 is 10.1 Å². The molecule has 0 radical (unpaired) electrons. The summed E-state index contributed by atoms with van der Waals surface area (Å²) in [5, 5.41) is 11.2. The maximum atomic E-state index is 12.0. The summed E-state index contributed by atoms with van der Waals surface area (Å²) in [5.41, 5.74) is 1.06. The van der Waals surface area contributed by atoms with Crippen LogP contribution in [0.1, 0.15) is 31.9 Å². The van der Waals surface area contributed by atoms with Crippen molar-refractivity contribution < 1.29 is 19.4 Å². The Morgan fingerprint density at radius 2 is 1.85 bits per heavy atom. The number of nitrogens with one attached hydrogen (secondary N) is 1. The molecule has 5 nitrogen and oxygen atoms in total. The highest BCUT2D eigenvalue weighted by molar-refractivity contribution is 5.88. The molecule has 0 aliphatic heterocycles. The van der Waals surface area contributed by atoms with E-state index in [-0.39, 0.29) is 0 Å². The first-order valence-corrected chi connectivity index (χ1v) is 6.43. The number of benzene rings is 1. The van der Waals surface area contributed by atoms with E-state index in [9.17, 15) is 9.59 Å². The first-order chi connectivity index (χ1) is 9.13. The van der Waals surface area contributed by atoms with Crippen LogP contribution in [-0.4, -0.2) is 28.6 Å². The number of carbonyl (C=O) groups is 2. The van der Waals surface area contributed by atoms with Crippen molar-refractivity contribution in [2.24, 2.45) is 0 Å². The second-order valence-electron chi connectivity index (χ2n) is 5.39. The Hall–Kier alpha value is -2.04. The average Bonchev–Trinajstić information content (AvgIpc) is 2.33. The van der Waals surface area contributed by atoms with Crippen LogP contribution in [0.4, 0.5) is 0 Å². The van der Waals surface area contributed by atoms with E-state index >= 15 is 0 Å². The van der Waals surface area contributed by atoms with E-state index in [1.807, 2.05) is 26.0 Å². The number of carboxylic acid groups (broad SMARTS) is 1. The third-order valence-electron chi connectivity index (χ3n) is 3.12. The van der Waals surface area contributed by atoms with E-state index in [4.69, 9.17) is 9.84 Å². The van der Waals surface area contributed by atoms with Crippen molar-refractivity contribution in [3.8, 4) is 5.75 Å². The van der Waals surface area contributed by atoms with Crippen LogP contribution in [-0.2, 0) is 9.59 Å². The third-order valence-corrected chi connectivity index (χ3v) is 3.12. The molecule has 0 spiro atoms. The average molecular weight is 279 g/mol. The Bertz CT molecular complexity index is 523. The molecule has 1 aromatic rings. The van der Waals surface area contributed by atoms with E-state index < -0.39 is 23.5 Å². The molecule has 1 atom stereocenters. The number of carboxylic acids is 1. The lowest BCUT2D eigenvalue weighted by Gasteiger charge is -2.26. The second kappa shape index (κ2) is 5.94. The Labute approximate surface area is 118 Å². The van der Waals surface area contributed by atoms with Gasteiger partial charge in [0.15, 0.2) is 5.60 Å². The van der Waals surface area contributed by atoms with Crippen LogP contribution in [0.25, 0.3) is 0 Å². The maximum absolute atomic E-state index is 12.0. The minimum absolute atomic E-state index is 0.467. The Balaban J connectivity index is 2.80. The molecule has 110 valence electrons. The van der Waals surface area contributed by atoms with Gasteiger partial charge in [0.25, 0.3) is 5.91 Å². The number of aryl methyl sites for hydroxylation is 2. The fourth-order valence-corrected chi connectivity index (χ4v) is 1.55. The molecule has 0 aromatic heterocycles. The summed E-state index contributed by atoms with van der Waals surface area (Å²) in [5.74, 6) is -0.970. The SMILES string of the molecule is Cc1ccc(OC(C)(C)C(=O)NC(C)C(=O)O)cc1C. The summed E-state index contributed by atoms with van der Waals surface area (Å²) in [4.78, 5) is 22.8. The number of hydrogen-bond acceptors (Lipinski definition) is 3. The van der Waals surface area contributed by atoms with Crippen LogP contribution in [0, 0.1) is 13.8 Å². The summed E-state index contributed by atoms with van der Waals surface area (Å²) in [6.45, 7) is 8.57. The van der Waals surface area contributed by atoms with Crippen LogP contribution in [0.2, 0.25) is 0 Å². The van der Waals surface area contributed by atoms with Gasteiger partial charge in [-0.3, -0.25) is 9.59 Å². The normalized spacial score (nSPS) is 12.7. The number of carbonyl (C=O) groups excluding carboxylic acids is 1. The molecule has 5 heteroatoms. The summed E-state index contributed by atoms with van der Waals surface area (Å²) in [6.07, 6.45) is 0. The maximum Gasteiger partial charge on any atom is 0.325 e. The van der Waals surface area contributed by atoms with Gasteiger partial charge in [0.2, 0.25) is 0 Å². The van der Waals surface area contributed by atoms with Crippen LogP contribution >= 0.6 is 0 Å². The van der Waals surface area contributed by atoms with E-state index in [0.717, 1.165) is 11.1 Å². The molecule has 20 heavy (non-hydrogen) atoms. The molecule has 2 N–H and O–H groups in total. The molecule has 0 heterocycles. The largest absolute Gasteiger partial charge is 0.480 e.